The van der Waals surface area contributed by atoms with Crippen molar-refractivity contribution in [2.75, 3.05) is 11.9 Å². The van der Waals surface area contributed by atoms with Crippen molar-refractivity contribution in [2.45, 2.75) is 24.3 Å². The van der Waals surface area contributed by atoms with Crippen molar-refractivity contribution in [3.05, 3.63) is 53.9 Å². The summed E-state index contributed by atoms with van der Waals surface area (Å²) in [5, 5.41) is 11.4. The van der Waals surface area contributed by atoms with Gasteiger partial charge in [0.15, 0.2) is 9.84 Å². The Morgan fingerprint density at radius 3 is 2.24 bits per heavy atom. The molecule has 1 amide bonds. The van der Waals surface area contributed by atoms with Gasteiger partial charge in [-0.15, -0.1) is 11.6 Å². The summed E-state index contributed by atoms with van der Waals surface area (Å²) in [6, 6.07) is 7.80. The molecule has 0 aliphatic heterocycles. The molecule has 2 rings (SSSR count). The number of nitrogens with one attached hydrogen (secondary N) is 1. The highest BCUT2D eigenvalue weighted by molar-refractivity contribution is 7.91. The monoisotopic (exact) mass is 450 g/mol. The molecule has 2 N–H and O–H groups in total. The normalized spacial score (nSPS) is 13.9. The summed E-state index contributed by atoms with van der Waals surface area (Å²) in [5.74, 6) is -1.94. The maximum absolute atomic E-state index is 13.1. The first-order chi connectivity index (χ1) is 13.7. The Morgan fingerprint density at radius 1 is 1.14 bits per heavy atom. The van der Waals surface area contributed by atoms with E-state index in [2.05, 4.69) is 4.98 Å². The van der Waals surface area contributed by atoms with Gasteiger partial charge < -0.3 is 10.4 Å². The number of benzene rings is 1. The molecule has 29 heavy (non-hydrogen) atoms. The van der Waals surface area contributed by atoms with E-state index < -0.39 is 46.2 Å². The van der Waals surface area contributed by atoms with Crippen LogP contribution in [0.5, 0.6) is 0 Å². The molecule has 0 fully saturated rings. The molecule has 0 radical (unpaired) electrons. The standard InChI is InChI=1S/C18H18ClF3N2O4S/c19-10-29(27,28)9-14-6-5-13(8-23-14)11-1-3-12(4-2-11)16(25)15(7-20)24-18(26)17(21)22/h1-6,8,15-17,25H,7,9-10H2,(H,24,26)/t15-,16+/m1/s1. The van der Waals surface area contributed by atoms with Crippen LogP contribution in [0.1, 0.15) is 17.4 Å². The number of aromatic nitrogens is 1. The van der Waals surface area contributed by atoms with Crippen molar-refractivity contribution in [3.8, 4) is 11.1 Å². The van der Waals surface area contributed by atoms with Gasteiger partial charge in [-0.3, -0.25) is 9.78 Å². The van der Waals surface area contributed by atoms with Crippen LogP contribution in [0.3, 0.4) is 0 Å². The second-order valence-electron chi connectivity index (χ2n) is 6.17. The van der Waals surface area contributed by atoms with Gasteiger partial charge in [-0.05, 0) is 17.2 Å². The first-order valence-electron chi connectivity index (χ1n) is 8.31. The Balaban J connectivity index is 2.12. The SMILES string of the molecule is O=C(N[C@H](CF)[C@@H](O)c1ccc(-c2ccc(CS(=O)(=O)CCl)nc2)cc1)C(F)F. The third-order valence-corrected chi connectivity index (χ3v) is 6.08. The van der Waals surface area contributed by atoms with E-state index in [1.165, 1.54) is 18.3 Å². The summed E-state index contributed by atoms with van der Waals surface area (Å²) in [6.07, 6.45) is -3.36. The summed E-state index contributed by atoms with van der Waals surface area (Å²) in [6.45, 7) is -1.22. The number of sulfone groups is 1. The van der Waals surface area contributed by atoms with Gasteiger partial charge in [0, 0.05) is 11.8 Å². The van der Waals surface area contributed by atoms with Crippen molar-refractivity contribution >= 4 is 27.3 Å². The molecule has 0 bridgehead atoms. The Kier molecular flexibility index (Phi) is 8.00. The van der Waals surface area contributed by atoms with Crippen LogP contribution in [-0.2, 0) is 20.4 Å². The summed E-state index contributed by atoms with van der Waals surface area (Å²) in [7, 11) is -3.42. The third-order valence-electron chi connectivity index (χ3n) is 4.02. The van der Waals surface area contributed by atoms with Gasteiger partial charge in [0.1, 0.15) is 18.0 Å². The zero-order valence-corrected chi connectivity index (χ0v) is 16.5. The molecule has 0 saturated carbocycles. The fraction of sp³-hybridized carbons (Fsp3) is 0.333. The van der Waals surface area contributed by atoms with E-state index in [0.29, 0.717) is 16.8 Å². The fourth-order valence-corrected chi connectivity index (χ4v) is 3.43. The molecule has 2 atom stereocenters. The number of rotatable bonds is 9. The average molecular weight is 451 g/mol. The number of halogens is 4. The van der Waals surface area contributed by atoms with Crippen LogP contribution < -0.4 is 5.32 Å². The molecule has 1 aromatic heterocycles. The van der Waals surface area contributed by atoms with Crippen LogP contribution >= 0.6 is 11.6 Å². The molecular formula is C18H18ClF3N2O4S. The predicted molar refractivity (Wildman–Crippen MR) is 102 cm³/mol. The Labute approximate surface area is 170 Å². The van der Waals surface area contributed by atoms with E-state index in [1.54, 1.807) is 29.6 Å². The van der Waals surface area contributed by atoms with E-state index in [1.807, 2.05) is 0 Å². The number of hydrogen-bond acceptors (Lipinski definition) is 5. The van der Waals surface area contributed by atoms with Gasteiger partial charge >= 0.3 is 6.43 Å². The lowest BCUT2D eigenvalue weighted by molar-refractivity contribution is -0.133. The lowest BCUT2D eigenvalue weighted by Crippen LogP contribution is -2.43. The highest BCUT2D eigenvalue weighted by Crippen LogP contribution is 2.24. The minimum atomic E-state index is -3.42. The number of aliphatic hydroxyl groups excluding tert-OH is 1. The smallest absolute Gasteiger partial charge is 0.315 e. The summed E-state index contributed by atoms with van der Waals surface area (Å²) < 4.78 is 60.7. The van der Waals surface area contributed by atoms with Crippen LogP contribution in [0.25, 0.3) is 11.1 Å². The Hall–Kier alpha value is -2.17. The van der Waals surface area contributed by atoms with E-state index in [9.17, 15) is 31.5 Å². The lowest BCUT2D eigenvalue weighted by Gasteiger charge is -2.22. The van der Waals surface area contributed by atoms with Crippen molar-refractivity contribution in [2.24, 2.45) is 0 Å². The molecule has 1 aromatic carbocycles. The molecule has 158 valence electrons. The number of aliphatic hydroxyl groups is 1. The van der Waals surface area contributed by atoms with Crippen LogP contribution in [0.2, 0.25) is 0 Å². The topological polar surface area (TPSA) is 96.4 Å². The fourth-order valence-electron chi connectivity index (χ4n) is 2.50. The molecule has 1 heterocycles. The number of amides is 1. The summed E-state index contributed by atoms with van der Waals surface area (Å²) in [5.41, 5.74) is 1.89. The number of hydrogen-bond donors (Lipinski definition) is 2. The number of alkyl halides is 4. The molecule has 0 saturated heterocycles. The van der Waals surface area contributed by atoms with Crippen LogP contribution in [-0.4, -0.2) is 48.8 Å². The van der Waals surface area contributed by atoms with Crippen molar-refractivity contribution in [3.63, 3.8) is 0 Å². The van der Waals surface area contributed by atoms with Crippen molar-refractivity contribution in [1.29, 1.82) is 0 Å². The van der Waals surface area contributed by atoms with Crippen molar-refractivity contribution in [1.82, 2.24) is 10.3 Å². The quantitative estimate of drug-likeness (QED) is 0.572. The first kappa shape index (κ1) is 23.1. The number of carbonyl (C=O) groups excluding carboxylic acids is 1. The zero-order valence-electron chi connectivity index (χ0n) is 14.9. The predicted octanol–water partition coefficient (Wildman–Crippen LogP) is 2.61. The number of nitrogens with zero attached hydrogens (tertiary/aromatic N) is 1. The largest absolute Gasteiger partial charge is 0.386 e. The van der Waals surface area contributed by atoms with E-state index in [-0.39, 0.29) is 11.3 Å². The number of carbonyl (C=O) groups is 1. The molecule has 0 aliphatic rings. The maximum atomic E-state index is 13.1. The Morgan fingerprint density at radius 2 is 1.76 bits per heavy atom. The summed E-state index contributed by atoms with van der Waals surface area (Å²) in [4.78, 5) is 15.1. The molecule has 11 heteroatoms. The minimum absolute atomic E-state index is 0.226. The molecule has 0 aliphatic carbocycles. The van der Waals surface area contributed by atoms with Crippen molar-refractivity contribution < 1.29 is 31.5 Å². The van der Waals surface area contributed by atoms with Gasteiger partial charge in [-0.1, -0.05) is 30.3 Å². The summed E-state index contributed by atoms with van der Waals surface area (Å²) >= 11 is 5.37. The van der Waals surface area contributed by atoms with Gasteiger partial charge in [-0.2, -0.15) is 8.78 Å². The van der Waals surface area contributed by atoms with Gasteiger partial charge in [0.2, 0.25) is 0 Å². The second kappa shape index (κ2) is 10.0. The van der Waals surface area contributed by atoms with Crippen LogP contribution in [0.15, 0.2) is 42.6 Å². The highest BCUT2D eigenvalue weighted by atomic mass is 35.5. The first-order valence-corrected chi connectivity index (χ1v) is 10.7. The molecule has 6 nitrogen and oxygen atoms in total. The average Bonchev–Trinajstić information content (AvgIpc) is 2.71. The van der Waals surface area contributed by atoms with E-state index in [0.717, 1.165) is 0 Å². The molecule has 0 unspecified atom stereocenters. The Bertz CT molecular complexity index is 925. The maximum Gasteiger partial charge on any atom is 0.315 e. The molecular weight excluding hydrogens is 433 g/mol. The third kappa shape index (κ3) is 6.41. The van der Waals surface area contributed by atoms with Gasteiger partial charge in [0.25, 0.3) is 5.91 Å². The minimum Gasteiger partial charge on any atom is -0.386 e. The van der Waals surface area contributed by atoms with E-state index >= 15 is 0 Å². The number of pyridine rings is 1. The van der Waals surface area contributed by atoms with Gasteiger partial charge in [-0.25, -0.2) is 12.8 Å². The van der Waals surface area contributed by atoms with Crippen LogP contribution in [0, 0.1) is 0 Å². The highest BCUT2D eigenvalue weighted by Gasteiger charge is 2.26. The lowest BCUT2D eigenvalue weighted by atomic mass is 9.99. The van der Waals surface area contributed by atoms with E-state index in [4.69, 9.17) is 11.6 Å². The van der Waals surface area contributed by atoms with Gasteiger partial charge in [0.05, 0.1) is 17.5 Å². The molecule has 0 spiro atoms. The second-order valence-corrected chi connectivity index (χ2v) is 8.82. The van der Waals surface area contributed by atoms with Crippen LogP contribution in [0.4, 0.5) is 13.2 Å². The molecule has 2 aromatic rings. The zero-order chi connectivity index (χ0) is 21.6.